The fourth-order valence-corrected chi connectivity index (χ4v) is 2.63. The van der Waals surface area contributed by atoms with Crippen LogP contribution >= 0.6 is 0 Å². The van der Waals surface area contributed by atoms with Crippen molar-refractivity contribution in [2.24, 2.45) is 5.73 Å². The van der Waals surface area contributed by atoms with Crippen LogP contribution in [-0.2, 0) is 14.3 Å². The monoisotopic (exact) mass is 329 g/mol. The maximum Gasteiger partial charge on any atom is 0.253 e. The smallest absolute Gasteiger partial charge is 0.253 e. The van der Waals surface area contributed by atoms with Gasteiger partial charge in [-0.15, -0.1) is 0 Å². The third-order valence-corrected chi connectivity index (χ3v) is 3.87. The molecule has 126 valence electrons. The first-order valence-corrected chi connectivity index (χ1v) is 7.65. The van der Waals surface area contributed by atoms with Crippen LogP contribution in [0.1, 0.15) is 17.4 Å². The first-order valence-electron chi connectivity index (χ1n) is 7.65. The highest BCUT2D eigenvalue weighted by atomic mass is 16.5. The van der Waals surface area contributed by atoms with Crippen molar-refractivity contribution in [3.05, 3.63) is 47.9 Å². The third kappa shape index (κ3) is 3.32. The number of carbonyl (C=O) groups is 2. The number of nitrogens with two attached hydrogens (primary N) is 1. The van der Waals surface area contributed by atoms with Gasteiger partial charge in [0.15, 0.2) is 0 Å². The van der Waals surface area contributed by atoms with Gasteiger partial charge in [-0.3, -0.25) is 9.59 Å². The number of morpholine rings is 1. The number of furan rings is 1. The SMILES string of the molecule is Cc1cc(NC(=O)C(N)c2ccco2)ccc1N1CCOCC1=O. The zero-order valence-corrected chi connectivity index (χ0v) is 13.3. The number of hydrogen-bond acceptors (Lipinski definition) is 5. The number of amides is 2. The Hall–Kier alpha value is -2.64. The van der Waals surface area contributed by atoms with Gasteiger partial charge >= 0.3 is 0 Å². The Kier molecular flexibility index (Phi) is 4.64. The van der Waals surface area contributed by atoms with Gasteiger partial charge in [-0.05, 0) is 42.8 Å². The minimum Gasteiger partial charge on any atom is -0.467 e. The summed E-state index contributed by atoms with van der Waals surface area (Å²) in [5, 5.41) is 2.76. The number of hydrogen-bond donors (Lipinski definition) is 2. The Morgan fingerprint density at radius 1 is 1.38 bits per heavy atom. The van der Waals surface area contributed by atoms with Gasteiger partial charge in [-0.2, -0.15) is 0 Å². The van der Waals surface area contributed by atoms with Crippen molar-refractivity contribution in [2.45, 2.75) is 13.0 Å². The minimum absolute atomic E-state index is 0.0685. The standard InChI is InChI=1S/C17H19N3O4/c1-11-9-12(19-17(22)16(18)14-3-2-7-24-14)4-5-13(11)20-6-8-23-10-15(20)21/h2-5,7,9,16H,6,8,10,18H2,1H3,(H,19,22). The molecule has 1 fully saturated rings. The number of aryl methyl sites for hydroxylation is 1. The summed E-state index contributed by atoms with van der Waals surface area (Å²) < 4.78 is 10.3. The van der Waals surface area contributed by atoms with E-state index >= 15 is 0 Å². The molecule has 1 unspecified atom stereocenters. The summed E-state index contributed by atoms with van der Waals surface area (Å²) >= 11 is 0. The van der Waals surface area contributed by atoms with E-state index in [-0.39, 0.29) is 18.4 Å². The first kappa shape index (κ1) is 16.2. The van der Waals surface area contributed by atoms with E-state index in [0.717, 1.165) is 11.3 Å². The van der Waals surface area contributed by atoms with Crippen LogP contribution in [0.15, 0.2) is 41.0 Å². The lowest BCUT2D eigenvalue weighted by Gasteiger charge is -2.28. The van der Waals surface area contributed by atoms with Gasteiger partial charge in [0.1, 0.15) is 18.4 Å². The summed E-state index contributed by atoms with van der Waals surface area (Å²) in [6, 6.07) is 7.83. The maximum atomic E-state index is 12.2. The lowest BCUT2D eigenvalue weighted by molar-refractivity contribution is -0.125. The summed E-state index contributed by atoms with van der Waals surface area (Å²) in [6.45, 7) is 3.02. The molecule has 0 aliphatic carbocycles. The molecule has 2 heterocycles. The van der Waals surface area contributed by atoms with Crippen LogP contribution in [0.5, 0.6) is 0 Å². The molecule has 0 saturated carbocycles. The van der Waals surface area contributed by atoms with E-state index in [4.69, 9.17) is 14.9 Å². The molecule has 7 nitrogen and oxygen atoms in total. The van der Waals surface area contributed by atoms with E-state index in [1.54, 1.807) is 23.1 Å². The summed E-state index contributed by atoms with van der Waals surface area (Å²) in [4.78, 5) is 25.8. The zero-order valence-electron chi connectivity index (χ0n) is 13.3. The maximum absolute atomic E-state index is 12.2. The minimum atomic E-state index is -0.874. The van der Waals surface area contributed by atoms with Crippen LogP contribution in [-0.4, -0.2) is 31.6 Å². The quantitative estimate of drug-likeness (QED) is 0.888. The highest BCUT2D eigenvalue weighted by molar-refractivity contribution is 5.97. The van der Waals surface area contributed by atoms with E-state index < -0.39 is 6.04 Å². The molecule has 2 amide bonds. The molecule has 2 aromatic rings. The van der Waals surface area contributed by atoms with Gasteiger partial charge in [0.05, 0.1) is 12.9 Å². The summed E-state index contributed by atoms with van der Waals surface area (Å²) in [7, 11) is 0. The molecule has 0 radical (unpaired) electrons. The highest BCUT2D eigenvalue weighted by Gasteiger charge is 2.22. The average molecular weight is 329 g/mol. The molecule has 1 saturated heterocycles. The predicted octanol–water partition coefficient (Wildman–Crippen LogP) is 1.59. The molecule has 1 aliphatic heterocycles. The number of carbonyl (C=O) groups excluding carboxylic acids is 2. The van der Waals surface area contributed by atoms with E-state index in [1.165, 1.54) is 6.26 Å². The Labute approximate surface area is 139 Å². The lowest BCUT2D eigenvalue weighted by Crippen LogP contribution is -2.42. The third-order valence-electron chi connectivity index (χ3n) is 3.87. The normalized spacial score (nSPS) is 16.1. The molecule has 0 bridgehead atoms. The first-order chi connectivity index (χ1) is 11.6. The summed E-state index contributed by atoms with van der Waals surface area (Å²) in [5.41, 5.74) is 8.18. The Bertz CT molecular complexity index is 742. The van der Waals surface area contributed by atoms with Gasteiger partial charge in [0.25, 0.3) is 5.91 Å². The number of rotatable bonds is 4. The number of nitrogens with one attached hydrogen (secondary N) is 1. The summed E-state index contributed by atoms with van der Waals surface area (Å²) in [5.74, 6) is -0.0275. The molecule has 1 aliphatic rings. The molecule has 1 atom stereocenters. The van der Waals surface area contributed by atoms with E-state index in [2.05, 4.69) is 5.32 Å². The van der Waals surface area contributed by atoms with E-state index in [1.807, 2.05) is 19.1 Å². The van der Waals surface area contributed by atoms with Crippen LogP contribution in [0.25, 0.3) is 0 Å². The second-order valence-corrected chi connectivity index (χ2v) is 5.58. The van der Waals surface area contributed by atoms with Crippen LogP contribution in [0, 0.1) is 6.92 Å². The molecule has 24 heavy (non-hydrogen) atoms. The molecule has 3 N–H and O–H groups in total. The van der Waals surface area contributed by atoms with Gasteiger partial charge in [-0.25, -0.2) is 0 Å². The highest BCUT2D eigenvalue weighted by Crippen LogP contribution is 2.25. The predicted molar refractivity (Wildman–Crippen MR) is 88.6 cm³/mol. The van der Waals surface area contributed by atoms with Crippen molar-refractivity contribution in [1.82, 2.24) is 0 Å². The van der Waals surface area contributed by atoms with Crippen LogP contribution in [0.4, 0.5) is 11.4 Å². The van der Waals surface area contributed by atoms with Gasteiger partial charge in [0.2, 0.25) is 5.91 Å². The van der Waals surface area contributed by atoms with Gasteiger partial charge < -0.3 is 25.1 Å². The molecule has 0 spiro atoms. The van der Waals surface area contributed by atoms with Crippen molar-refractivity contribution >= 4 is 23.2 Å². The van der Waals surface area contributed by atoms with E-state index in [9.17, 15) is 9.59 Å². The fourth-order valence-electron chi connectivity index (χ4n) is 2.63. The molecule has 1 aromatic heterocycles. The van der Waals surface area contributed by atoms with Crippen LogP contribution in [0.3, 0.4) is 0 Å². The topological polar surface area (TPSA) is 97.8 Å². The number of ether oxygens (including phenoxy) is 1. The second-order valence-electron chi connectivity index (χ2n) is 5.58. The van der Waals surface area contributed by atoms with Crippen molar-refractivity contribution in [3.8, 4) is 0 Å². The number of anilines is 2. The van der Waals surface area contributed by atoms with Crippen molar-refractivity contribution in [2.75, 3.05) is 30.0 Å². The molecule has 1 aromatic carbocycles. The van der Waals surface area contributed by atoms with Crippen molar-refractivity contribution in [3.63, 3.8) is 0 Å². The number of nitrogens with zero attached hydrogens (tertiary/aromatic N) is 1. The lowest BCUT2D eigenvalue weighted by atomic mass is 10.1. The van der Waals surface area contributed by atoms with Crippen molar-refractivity contribution < 1.29 is 18.7 Å². The van der Waals surface area contributed by atoms with Gasteiger partial charge in [-0.1, -0.05) is 0 Å². The average Bonchev–Trinajstić information content (AvgIpc) is 3.10. The Morgan fingerprint density at radius 2 is 2.21 bits per heavy atom. The van der Waals surface area contributed by atoms with E-state index in [0.29, 0.717) is 24.6 Å². The largest absolute Gasteiger partial charge is 0.467 e. The fraction of sp³-hybridized carbons (Fsp3) is 0.294. The molecular formula is C17H19N3O4. The van der Waals surface area contributed by atoms with Gasteiger partial charge in [0, 0.05) is 17.9 Å². The Balaban J connectivity index is 1.72. The molecule has 7 heteroatoms. The summed E-state index contributed by atoms with van der Waals surface area (Å²) in [6.07, 6.45) is 1.47. The zero-order chi connectivity index (χ0) is 17.1. The van der Waals surface area contributed by atoms with Crippen molar-refractivity contribution in [1.29, 1.82) is 0 Å². The Morgan fingerprint density at radius 3 is 2.88 bits per heavy atom. The molecular weight excluding hydrogens is 310 g/mol. The molecule has 3 rings (SSSR count). The second kappa shape index (κ2) is 6.86. The van der Waals surface area contributed by atoms with Crippen LogP contribution in [0.2, 0.25) is 0 Å². The number of benzene rings is 1. The van der Waals surface area contributed by atoms with Crippen LogP contribution < -0.4 is 16.0 Å².